The lowest BCUT2D eigenvalue weighted by Gasteiger charge is -2.50. The maximum absolute atomic E-state index is 2.63. The summed E-state index contributed by atoms with van der Waals surface area (Å²) in [5.74, 6) is 7.66. The quantitative estimate of drug-likeness (QED) is 0.535. The van der Waals surface area contributed by atoms with Crippen LogP contribution in [0.4, 0.5) is 0 Å². The van der Waals surface area contributed by atoms with Gasteiger partial charge in [0.05, 0.1) is 0 Å². The van der Waals surface area contributed by atoms with Gasteiger partial charge in [0.2, 0.25) is 0 Å². The Morgan fingerprint density at radius 2 is 1.10 bits per heavy atom. The van der Waals surface area contributed by atoms with Gasteiger partial charge in [0.15, 0.2) is 0 Å². The molecule has 2 rings (SSSR count). The molecule has 118 valence electrons. The fraction of sp³-hybridized carbons (Fsp3) is 1.00. The third-order valence-electron chi connectivity index (χ3n) is 7.77. The highest BCUT2D eigenvalue weighted by atomic mass is 28.3. The smallest absolute Gasteiger partial charge is 0.0479 e. The SMILES string of the molecule is CCC1C2C(C)C(C)C(C)C(C)C2C([Si](C)(C)C)[C@H]1C. The monoisotopic (exact) mass is 294 g/mol. The fourth-order valence-electron chi connectivity index (χ4n) is 6.58. The molecule has 0 spiro atoms. The van der Waals surface area contributed by atoms with E-state index in [4.69, 9.17) is 0 Å². The summed E-state index contributed by atoms with van der Waals surface area (Å²) in [6.45, 7) is 23.2. The zero-order chi connectivity index (χ0) is 15.4. The number of fused-ring (bicyclic) bond motifs is 1. The van der Waals surface area contributed by atoms with E-state index in [2.05, 4.69) is 61.2 Å². The van der Waals surface area contributed by atoms with Crippen molar-refractivity contribution in [2.24, 2.45) is 47.3 Å². The molecule has 9 atom stereocenters. The van der Waals surface area contributed by atoms with Crippen molar-refractivity contribution in [3.05, 3.63) is 0 Å². The molecule has 1 heteroatoms. The van der Waals surface area contributed by atoms with Crippen molar-refractivity contribution in [1.82, 2.24) is 0 Å². The number of hydrogen-bond donors (Lipinski definition) is 0. The van der Waals surface area contributed by atoms with Crippen LogP contribution in [0.3, 0.4) is 0 Å². The van der Waals surface area contributed by atoms with Crippen LogP contribution < -0.4 is 0 Å². The molecule has 0 N–H and O–H groups in total. The number of rotatable bonds is 2. The molecular weight excluding hydrogens is 256 g/mol. The van der Waals surface area contributed by atoms with E-state index in [9.17, 15) is 0 Å². The summed E-state index contributed by atoms with van der Waals surface area (Å²) in [4.78, 5) is 0. The summed E-state index contributed by atoms with van der Waals surface area (Å²) >= 11 is 0. The minimum absolute atomic E-state index is 0.910. The Kier molecular flexibility index (Phi) is 4.52. The third-order valence-corrected chi connectivity index (χ3v) is 10.7. The van der Waals surface area contributed by atoms with Crippen molar-refractivity contribution in [2.75, 3.05) is 0 Å². The first-order valence-electron chi connectivity index (χ1n) is 9.12. The summed E-state index contributed by atoms with van der Waals surface area (Å²) in [5.41, 5.74) is 1.05. The first-order valence-corrected chi connectivity index (χ1v) is 12.7. The molecule has 0 aliphatic heterocycles. The van der Waals surface area contributed by atoms with E-state index in [1.165, 1.54) is 6.42 Å². The highest BCUT2D eigenvalue weighted by molar-refractivity contribution is 6.77. The van der Waals surface area contributed by atoms with Crippen molar-refractivity contribution in [3.8, 4) is 0 Å². The van der Waals surface area contributed by atoms with Gasteiger partial charge in [-0.3, -0.25) is 0 Å². The van der Waals surface area contributed by atoms with Gasteiger partial charge in [-0.05, 0) is 52.9 Å². The van der Waals surface area contributed by atoms with Crippen LogP contribution in [0, 0.1) is 47.3 Å². The zero-order valence-corrected chi connectivity index (χ0v) is 16.4. The summed E-state index contributed by atoms with van der Waals surface area (Å²) in [5, 5.41) is 0. The van der Waals surface area contributed by atoms with Crippen molar-refractivity contribution in [2.45, 2.75) is 73.1 Å². The molecule has 8 unspecified atom stereocenters. The Bertz CT molecular complexity index is 342. The Morgan fingerprint density at radius 3 is 1.50 bits per heavy atom. The lowest BCUT2D eigenvalue weighted by molar-refractivity contribution is 0.00977. The lowest BCUT2D eigenvalue weighted by Crippen LogP contribution is -2.45. The summed E-state index contributed by atoms with van der Waals surface area (Å²) in [6.07, 6.45) is 1.40. The van der Waals surface area contributed by atoms with Crippen molar-refractivity contribution in [3.63, 3.8) is 0 Å². The molecule has 0 amide bonds. The average Bonchev–Trinajstić information content (AvgIpc) is 2.66. The van der Waals surface area contributed by atoms with Gasteiger partial charge in [-0.1, -0.05) is 67.6 Å². The molecule has 0 saturated heterocycles. The maximum Gasteiger partial charge on any atom is 0.0479 e. The molecule has 2 aliphatic rings. The van der Waals surface area contributed by atoms with Gasteiger partial charge in [-0.25, -0.2) is 0 Å². The first-order chi connectivity index (χ1) is 9.12. The highest BCUT2D eigenvalue weighted by Gasteiger charge is 2.58. The predicted molar refractivity (Wildman–Crippen MR) is 93.7 cm³/mol. The summed E-state index contributed by atoms with van der Waals surface area (Å²) in [6, 6.07) is 0. The largest absolute Gasteiger partial charge is 0.0693 e. The number of hydrogen-bond acceptors (Lipinski definition) is 0. The summed E-state index contributed by atoms with van der Waals surface area (Å²) in [7, 11) is -1.08. The Hall–Kier alpha value is 0.217. The van der Waals surface area contributed by atoms with E-state index in [0.717, 1.165) is 52.9 Å². The molecule has 0 heterocycles. The molecule has 0 nitrogen and oxygen atoms in total. The van der Waals surface area contributed by atoms with Crippen molar-refractivity contribution < 1.29 is 0 Å². The van der Waals surface area contributed by atoms with Crippen LogP contribution in [-0.4, -0.2) is 8.07 Å². The lowest BCUT2D eigenvalue weighted by atomic mass is 9.58. The Balaban J connectivity index is 2.45. The Morgan fingerprint density at radius 1 is 0.650 bits per heavy atom. The standard InChI is InChI=1S/C19H38Si/c1-10-16-15(6)19(20(7,8)9)18-14(5)12(3)11(2)13(4)17(16)18/h11-19H,10H2,1-9H3/t11?,12?,13?,14?,15-,16?,17?,18?,19?/m0/s1. The van der Waals surface area contributed by atoms with E-state index in [0.29, 0.717) is 0 Å². The molecule has 0 radical (unpaired) electrons. The highest BCUT2D eigenvalue weighted by Crippen LogP contribution is 2.64. The zero-order valence-electron chi connectivity index (χ0n) is 15.4. The molecule has 2 aliphatic carbocycles. The van der Waals surface area contributed by atoms with Gasteiger partial charge in [-0.15, -0.1) is 0 Å². The van der Waals surface area contributed by atoms with Gasteiger partial charge >= 0.3 is 0 Å². The van der Waals surface area contributed by atoms with Crippen molar-refractivity contribution >= 4 is 8.07 Å². The van der Waals surface area contributed by atoms with Crippen LogP contribution in [0.15, 0.2) is 0 Å². The van der Waals surface area contributed by atoms with Crippen LogP contribution in [0.2, 0.25) is 25.2 Å². The molecular formula is C19H38Si. The van der Waals surface area contributed by atoms with Crippen molar-refractivity contribution in [1.29, 1.82) is 0 Å². The Labute approximate surface area is 129 Å². The average molecular weight is 295 g/mol. The van der Waals surface area contributed by atoms with Gasteiger partial charge in [0.1, 0.15) is 0 Å². The second kappa shape index (κ2) is 5.45. The van der Waals surface area contributed by atoms with Crippen LogP contribution in [0.5, 0.6) is 0 Å². The van der Waals surface area contributed by atoms with Crippen LogP contribution in [0.25, 0.3) is 0 Å². The topological polar surface area (TPSA) is 0 Å². The maximum atomic E-state index is 2.63. The normalized spacial score (nSPS) is 53.0. The minimum atomic E-state index is -1.08. The van der Waals surface area contributed by atoms with E-state index in [-0.39, 0.29) is 0 Å². The van der Waals surface area contributed by atoms with Gasteiger partial charge in [-0.2, -0.15) is 0 Å². The van der Waals surface area contributed by atoms with Gasteiger partial charge < -0.3 is 0 Å². The fourth-order valence-corrected chi connectivity index (χ4v) is 10.1. The van der Waals surface area contributed by atoms with E-state index in [1.807, 2.05) is 0 Å². The summed E-state index contributed by atoms with van der Waals surface area (Å²) < 4.78 is 0. The molecule has 2 fully saturated rings. The van der Waals surface area contributed by atoms with E-state index >= 15 is 0 Å². The van der Waals surface area contributed by atoms with Crippen LogP contribution in [-0.2, 0) is 0 Å². The first kappa shape index (κ1) is 16.6. The third kappa shape index (κ3) is 2.32. The molecule has 0 bridgehead atoms. The molecule has 2 saturated carbocycles. The molecule has 0 aromatic heterocycles. The van der Waals surface area contributed by atoms with E-state index in [1.54, 1.807) is 0 Å². The second-order valence-electron chi connectivity index (χ2n) is 9.41. The van der Waals surface area contributed by atoms with Gasteiger partial charge in [0.25, 0.3) is 0 Å². The van der Waals surface area contributed by atoms with E-state index < -0.39 is 8.07 Å². The minimum Gasteiger partial charge on any atom is -0.0693 e. The molecule has 0 aromatic rings. The van der Waals surface area contributed by atoms with Crippen LogP contribution in [0.1, 0.15) is 48.0 Å². The second-order valence-corrected chi connectivity index (χ2v) is 14.8. The van der Waals surface area contributed by atoms with Gasteiger partial charge in [0, 0.05) is 8.07 Å². The predicted octanol–water partition coefficient (Wildman–Crippen LogP) is 6.16. The molecule has 20 heavy (non-hydrogen) atoms. The van der Waals surface area contributed by atoms with Crippen LogP contribution >= 0.6 is 0 Å². The molecule has 0 aromatic carbocycles.